The fraction of sp³-hybridized carbons (Fsp3) is 0.594. The van der Waals surface area contributed by atoms with E-state index in [1.807, 2.05) is 43.0 Å². The fourth-order valence-electron chi connectivity index (χ4n) is 5.06. The molecule has 0 aliphatic carbocycles. The highest BCUT2D eigenvalue weighted by Crippen LogP contribution is 2.22. The molecule has 0 bridgehead atoms. The topological polar surface area (TPSA) is 103 Å². The Balaban J connectivity index is 2.15. The van der Waals surface area contributed by atoms with E-state index < -0.39 is 12.2 Å². The average Bonchev–Trinajstić information content (AvgIpc) is 2.93. The Morgan fingerprint density at radius 2 is 1.59 bits per heavy atom. The van der Waals surface area contributed by atoms with Crippen LogP contribution in [-0.4, -0.2) is 69.7 Å². The zero-order chi connectivity index (χ0) is 28.8. The number of Topliss-reactive ketones (excluding diaryl/α,β-unsaturated/α-hetero) is 1. The van der Waals surface area contributed by atoms with Gasteiger partial charge in [-0.15, -0.1) is 0 Å². The van der Waals surface area contributed by atoms with Gasteiger partial charge in [-0.2, -0.15) is 0 Å². The van der Waals surface area contributed by atoms with Crippen molar-refractivity contribution in [3.05, 3.63) is 65.0 Å². The third-order valence-corrected chi connectivity index (χ3v) is 7.30. The van der Waals surface area contributed by atoms with Gasteiger partial charge in [0.15, 0.2) is 5.78 Å². The van der Waals surface area contributed by atoms with Crippen molar-refractivity contribution in [2.45, 2.75) is 97.8 Å². The van der Waals surface area contributed by atoms with Gasteiger partial charge < -0.3 is 20.4 Å². The normalized spacial score (nSPS) is 14.4. The van der Waals surface area contributed by atoms with Crippen LogP contribution in [-0.2, 0) is 6.42 Å². The number of hydrogen-bond donors (Lipinski definition) is 3. The highest BCUT2D eigenvalue weighted by atomic mass is 16.3. The molecule has 3 N–H and O–H groups in total. The van der Waals surface area contributed by atoms with Crippen LogP contribution in [0.3, 0.4) is 0 Å². The number of nitrogens with one attached hydrogen (secondary N) is 1. The van der Waals surface area contributed by atoms with Gasteiger partial charge >= 0.3 is 0 Å². The molecule has 2 rings (SSSR count). The lowest BCUT2D eigenvalue weighted by atomic mass is 9.84. The first-order valence-corrected chi connectivity index (χ1v) is 14.6. The van der Waals surface area contributed by atoms with Gasteiger partial charge in [0.25, 0.3) is 5.91 Å². The molecular formula is C32H49N3O4. The van der Waals surface area contributed by atoms with Crippen molar-refractivity contribution in [1.29, 1.82) is 0 Å². The van der Waals surface area contributed by atoms with E-state index in [0.717, 1.165) is 43.2 Å². The number of rotatable bonds is 18. The third-order valence-electron chi connectivity index (χ3n) is 7.30. The van der Waals surface area contributed by atoms with Crippen molar-refractivity contribution in [3.63, 3.8) is 0 Å². The number of hydrogen-bond acceptors (Lipinski definition) is 6. The van der Waals surface area contributed by atoms with Gasteiger partial charge in [0.2, 0.25) is 0 Å². The number of aryl methyl sites for hydroxylation is 1. The Morgan fingerprint density at radius 1 is 0.949 bits per heavy atom. The number of carbonyl (C=O) groups is 2. The molecule has 0 radical (unpaired) electrons. The van der Waals surface area contributed by atoms with Crippen LogP contribution in [0.1, 0.15) is 98.1 Å². The minimum Gasteiger partial charge on any atom is -0.390 e. The van der Waals surface area contributed by atoms with E-state index >= 15 is 0 Å². The summed E-state index contributed by atoms with van der Waals surface area (Å²) in [5.74, 6) is -0.462. The number of unbranched alkanes of at least 4 members (excludes halogenated alkanes) is 2. The maximum atomic E-state index is 13.2. The zero-order valence-corrected chi connectivity index (χ0v) is 24.5. The molecule has 0 fully saturated rings. The van der Waals surface area contributed by atoms with Crippen LogP contribution in [0.5, 0.6) is 0 Å². The highest BCUT2D eigenvalue weighted by molar-refractivity contribution is 6.01. The smallest absolute Gasteiger partial charge is 0.253 e. The van der Waals surface area contributed by atoms with Crippen LogP contribution < -0.4 is 5.32 Å². The number of aliphatic hydroxyl groups excluding tert-OH is 2. The number of amides is 1. The van der Waals surface area contributed by atoms with Crippen LogP contribution >= 0.6 is 0 Å². The quantitative estimate of drug-likeness (QED) is 0.183. The summed E-state index contributed by atoms with van der Waals surface area (Å²) >= 11 is 0. The van der Waals surface area contributed by atoms with Gasteiger partial charge in [0, 0.05) is 48.6 Å². The van der Waals surface area contributed by atoms with E-state index in [2.05, 4.69) is 31.1 Å². The van der Waals surface area contributed by atoms with E-state index in [0.29, 0.717) is 37.1 Å². The molecule has 39 heavy (non-hydrogen) atoms. The fourth-order valence-corrected chi connectivity index (χ4v) is 5.06. The summed E-state index contributed by atoms with van der Waals surface area (Å²) in [4.78, 5) is 32.3. The van der Waals surface area contributed by atoms with Crippen LogP contribution in [0.4, 0.5) is 0 Å². The maximum Gasteiger partial charge on any atom is 0.253 e. The standard InChI is InChI=1S/C32H49N3O4/c1-6-9-10-11-29(36)31(38)28(20-25-12-14-33-15-13-25)24(5)34-22-30(37)26-18-23(4)19-27(21-26)32(39)35(16-7-2)17-8-3/h12-15,18-19,21,24,28-29,31,34,36,38H,6-11,16-17,20,22H2,1-5H3/t24-,28?,29?,31?/m1/s1. The summed E-state index contributed by atoms with van der Waals surface area (Å²) in [6.45, 7) is 11.5. The molecule has 1 aromatic carbocycles. The molecule has 4 atom stereocenters. The van der Waals surface area contributed by atoms with Crippen molar-refractivity contribution < 1.29 is 19.8 Å². The highest BCUT2D eigenvalue weighted by Gasteiger charge is 2.31. The van der Waals surface area contributed by atoms with Gasteiger partial charge in [-0.3, -0.25) is 14.6 Å². The molecular weight excluding hydrogens is 490 g/mol. The number of ketones is 1. The predicted octanol–water partition coefficient (Wildman–Crippen LogP) is 4.97. The van der Waals surface area contributed by atoms with E-state index in [1.54, 1.807) is 18.5 Å². The second-order valence-corrected chi connectivity index (χ2v) is 10.7. The van der Waals surface area contributed by atoms with Crippen LogP contribution in [0, 0.1) is 12.8 Å². The van der Waals surface area contributed by atoms with Crippen molar-refractivity contribution >= 4 is 11.7 Å². The largest absolute Gasteiger partial charge is 0.390 e. The van der Waals surface area contributed by atoms with Gasteiger partial charge in [-0.05, 0) is 81.0 Å². The number of benzene rings is 1. The average molecular weight is 540 g/mol. The Hall–Kier alpha value is -2.61. The Bertz CT molecular complexity index is 1010. The first kappa shape index (κ1) is 32.6. The van der Waals surface area contributed by atoms with Crippen LogP contribution in [0.25, 0.3) is 0 Å². The summed E-state index contributed by atoms with van der Waals surface area (Å²) in [6.07, 6.45) is 7.44. The number of pyridine rings is 1. The molecule has 0 saturated carbocycles. The lowest BCUT2D eigenvalue weighted by Crippen LogP contribution is -2.47. The molecule has 0 saturated heterocycles. The Labute approximate surface area is 235 Å². The van der Waals surface area contributed by atoms with Crippen molar-refractivity contribution in [3.8, 4) is 0 Å². The minimum absolute atomic E-state index is 0.0459. The summed E-state index contributed by atoms with van der Waals surface area (Å²) in [5.41, 5.74) is 2.91. The van der Waals surface area contributed by atoms with E-state index in [9.17, 15) is 19.8 Å². The Morgan fingerprint density at radius 3 is 2.21 bits per heavy atom. The molecule has 1 aromatic heterocycles. The van der Waals surface area contributed by atoms with Gasteiger partial charge in [-0.1, -0.05) is 40.0 Å². The molecule has 0 aliphatic heterocycles. The zero-order valence-electron chi connectivity index (χ0n) is 24.5. The van der Waals surface area contributed by atoms with E-state index in [4.69, 9.17) is 0 Å². The summed E-state index contributed by atoms with van der Waals surface area (Å²) in [7, 11) is 0. The van der Waals surface area contributed by atoms with Crippen molar-refractivity contribution in [2.75, 3.05) is 19.6 Å². The molecule has 7 nitrogen and oxygen atoms in total. The lowest BCUT2D eigenvalue weighted by Gasteiger charge is -2.32. The second kappa shape index (κ2) is 17.2. The molecule has 0 spiro atoms. The van der Waals surface area contributed by atoms with Gasteiger partial charge in [0.05, 0.1) is 18.8 Å². The molecule has 2 aromatic rings. The monoisotopic (exact) mass is 539 g/mol. The van der Waals surface area contributed by atoms with Crippen molar-refractivity contribution in [2.24, 2.45) is 5.92 Å². The number of nitrogens with zero attached hydrogens (tertiary/aromatic N) is 2. The predicted molar refractivity (Wildman–Crippen MR) is 157 cm³/mol. The summed E-state index contributed by atoms with van der Waals surface area (Å²) in [6, 6.07) is 8.93. The summed E-state index contributed by atoms with van der Waals surface area (Å²) < 4.78 is 0. The molecule has 1 heterocycles. The van der Waals surface area contributed by atoms with E-state index in [1.165, 1.54) is 0 Å². The lowest BCUT2D eigenvalue weighted by molar-refractivity contribution is -0.0303. The Kier molecular flexibility index (Phi) is 14.3. The maximum absolute atomic E-state index is 13.2. The van der Waals surface area contributed by atoms with Gasteiger partial charge in [0.1, 0.15) is 0 Å². The van der Waals surface area contributed by atoms with Crippen LogP contribution in [0.2, 0.25) is 0 Å². The molecule has 3 unspecified atom stereocenters. The molecule has 7 heteroatoms. The summed E-state index contributed by atoms with van der Waals surface area (Å²) in [5, 5.41) is 25.2. The van der Waals surface area contributed by atoms with Crippen molar-refractivity contribution in [1.82, 2.24) is 15.2 Å². The second-order valence-electron chi connectivity index (χ2n) is 10.7. The first-order chi connectivity index (χ1) is 18.7. The first-order valence-electron chi connectivity index (χ1n) is 14.6. The molecule has 216 valence electrons. The van der Waals surface area contributed by atoms with Crippen LogP contribution in [0.15, 0.2) is 42.7 Å². The SMILES string of the molecule is CCCCCC(O)C(O)C(Cc1ccncc1)[C@@H](C)NCC(=O)c1cc(C)cc(C(=O)N(CCC)CCC)c1. The molecule has 1 amide bonds. The number of aromatic nitrogens is 1. The van der Waals surface area contributed by atoms with Gasteiger partial charge in [-0.25, -0.2) is 0 Å². The molecule has 0 aliphatic rings. The number of aliphatic hydroxyl groups is 2. The minimum atomic E-state index is -0.932. The number of carbonyl (C=O) groups excluding carboxylic acids is 2. The van der Waals surface area contributed by atoms with E-state index in [-0.39, 0.29) is 30.2 Å². The third kappa shape index (κ3) is 10.5.